The minimum Gasteiger partial charge on any atom is -0.459 e. The van der Waals surface area contributed by atoms with Crippen LogP contribution in [0, 0.1) is 0 Å². The van der Waals surface area contributed by atoms with Crippen LogP contribution in [0.5, 0.6) is 0 Å². The molecule has 0 atom stereocenters. The SMILES string of the molecule is CCOC(=O)C(=O)Nc1cnccc1C(N)=O. The third-order valence-electron chi connectivity index (χ3n) is 1.80. The van der Waals surface area contributed by atoms with Crippen LogP contribution < -0.4 is 11.1 Å². The van der Waals surface area contributed by atoms with E-state index in [2.05, 4.69) is 15.0 Å². The quantitative estimate of drug-likeness (QED) is 0.552. The number of nitrogens with zero attached hydrogens (tertiary/aromatic N) is 1. The van der Waals surface area contributed by atoms with Crippen molar-refractivity contribution in [2.75, 3.05) is 11.9 Å². The summed E-state index contributed by atoms with van der Waals surface area (Å²) in [5, 5.41) is 2.20. The van der Waals surface area contributed by atoms with Gasteiger partial charge in [0.15, 0.2) is 0 Å². The topological polar surface area (TPSA) is 111 Å². The Morgan fingerprint density at radius 1 is 1.47 bits per heavy atom. The highest BCUT2D eigenvalue weighted by atomic mass is 16.5. The highest BCUT2D eigenvalue weighted by Gasteiger charge is 2.17. The summed E-state index contributed by atoms with van der Waals surface area (Å²) in [5.41, 5.74) is 5.23. The van der Waals surface area contributed by atoms with Crippen molar-refractivity contribution in [1.82, 2.24) is 4.98 Å². The lowest BCUT2D eigenvalue weighted by Gasteiger charge is -2.07. The lowest BCUT2D eigenvalue weighted by atomic mass is 10.2. The van der Waals surface area contributed by atoms with Gasteiger partial charge in [0.05, 0.1) is 24.1 Å². The monoisotopic (exact) mass is 237 g/mol. The molecule has 1 rings (SSSR count). The van der Waals surface area contributed by atoms with E-state index in [9.17, 15) is 14.4 Å². The molecule has 90 valence electrons. The van der Waals surface area contributed by atoms with Crippen molar-refractivity contribution in [3.63, 3.8) is 0 Å². The summed E-state index contributed by atoms with van der Waals surface area (Å²) in [5.74, 6) is -2.75. The molecule has 0 spiro atoms. The largest absolute Gasteiger partial charge is 0.459 e. The zero-order valence-electron chi connectivity index (χ0n) is 9.10. The van der Waals surface area contributed by atoms with Gasteiger partial charge in [-0.2, -0.15) is 0 Å². The molecule has 0 radical (unpaired) electrons. The maximum Gasteiger partial charge on any atom is 0.397 e. The number of aromatic nitrogens is 1. The lowest BCUT2D eigenvalue weighted by Crippen LogP contribution is -2.26. The fourth-order valence-electron chi connectivity index (χ4n) is 1.08. The van der Waals surface area contributed by atoms with Crippen molar-refractivity contribution in [1.29, 1.82) is 0 Å². The van der Waals surface area contributed by atoms with Crippen molar-refractivity contribution < 1.29 is 19.1 Å². The van der Waals surface area contributed by atoms with E-state index in [0.29, 0.717) is 0 Å². The van der Waals surface area contributed by atoms with E-state index >= 15 is 0 Å². The number of anilines is 1. The fraction of sp³-hybridized carbons (Fsp3) is 0.200. The van der Waals surface area contributed by atoms with E-state index in [1.54, 1.807) is 6.92 Å². The summed E-state index contributed by atoms with van der Waals surface area (Å²) in [6, 6.07) is 1.34. The second-order valence-corrected chi connectivity index (χ2v) is 2.96. The van der Waals surface area contributed by atoms with Crippen LogP contribution in [0.3, 0.4) is 0 Å². The second kappa shape index (κ2) is 5.59. The van der Waals surface area contributed by atoms with E-state index in [-0.39, 0.29) is 17.9 Å². The van der Waals surface area contributed by atoms with E-state index in [1.165, 1.54) is 18.5 Å². The van der Waals surface area contributed by atoms with E-state index < -0.39 is 17.8 Å². The molecule has 3 N–H and O–H groups in total. The molecule has 0 saturated carbocycles. The van der Waals surface area contributed by atoms with Gasteiger partial charge >= 0.3 is 11.9 Å². The molecule has 7 heteroatoms. The molecule has 0 aliphatic rings. The molecule has 7 nitrogen and oxygen atoms in total. The van der Waals surface area contributed by atoms with Gasteiger partial charge in [-0.25, -0.2) is 4.79 Å². The Labute approximate surface area is 97.0 Å². The van der Waals surface area contributed by atoms with Gasteiger partial charge in [0, 0.05) is 6.20 Å². The molecule has 17 heavy (non-hydrogen) atoms. The predicted octanol–water partition coefficient (Wildman–Crippen LogP) is -0.318. The lowest BCUT2D eigenvalue weighted by molar-refractivity contribution is -0.152. The van der Waals surface area contributed by atoms with Crippen LogP contribution in [0.4, 0.5) is 5.69 Å². The zero-order valence-corrected chi connectivity index (χ0v) is 9.10. The Morgan fingerprint density at radius 3 is 2.76 bits per heavy atom. The molecule has 0 aromatic carbocycles. The number of esters is 1. The zero-order chi connectivity index (χ0) is 12.8. The van der Waals surface area contributed by atoms with E-state index in [4.69, 9.17) is 5.73 Å². The van der Waals surface area contributed by atoms with E-state index in [1.807, 2.05) is 0 Å². The fourth-order valence-corrected chi connectivity index (χ4v) is 1.08. The van der Waals surface area contributed by atoms with Crippen LogP contribution in [0.2, 0.25) is 0 Å². The molecule has 1 heterocycles. The number of ether oxygens (including phenoxy) is 1. The molecule has 0 bridgehead atoms. The summed E-state index contributed by atoms with van der Waals surface area (Å²) in [6.45, 7) is 1.66. The molecule has 2 amide bonds. The Bertz CT molecular complexity index is 459. The second-order valence-electron chi connectivity index (χ2n) is 2.96. The van der Waals surface area contributed by atoms with Crippen molar-refractivity contribution in [3.05, 3.63) is 24.0 Å². The molecule has 0 saturated heterocycles. The standard InChI is InChI=1S/C10H11N3O4/c1-2-17-10(16)9(15)13-7-5-12-4-3-6(7)8(11)14/h3-5H,2H2,1H3,(H2,11,14)(H,13,15). The van der Waals surface area contributed by atoms with Crippen LogP contribution in [0.25, 0.3) is 0 Å². The molecule has 1 aromatic rings. The minimum absolute atomic E-state index is 0.0673. The smallest absolute Gasteiger partial charge is 0.397 e. The van der Waals surface area contributed by atoms with Crippen molar-refractivity contribution in [3.8, 4) is 0 Å². The van der Waals surface area contributed by atoms with Crippen LogP contribution >= 0.6 is 0 Å². The third-order valence-corrected chi connectivity index (χ3v) is 1.80. The van der Waals surface area contributed by atoms with Crippen molar-refractivity contribution in [2.45, 2.75) is 6.92 Å². The van der Waals surface area contributed by atoms with Gasteiger partial charge in [-0.1, -0.05) is 0 Å². The van der Waals surface area contributed by atoms with Gasteiger partial charge in [0.25, 0.3) is 5.91 Å². The first kappa shape index (κ1) is 12.6. The maximum absolute atomic E-state index is 11.3. The highest BCUT2D eigenvalue weighted by molar-refractivity contribution is 6.37. The van der Waals surface area contributed by atoms with Crippen LogP contribution in [-0.2, 0) is 14.3 Å². The molecule has 0 aliphatic carbocycles. The number of hydrogen-bond donors (Lipinski definition) is 2. The first-order valence-corrected chi connectivity index (χ1v) is 4.78. The van der Waals surface area contributed by atoms with Gasteiger partial charge in [-0.15, -0.1) is 0 Å². The summed E-state index contributed by atoms with van der Waals surface area (Å²) < 4.78 is 4.49. The normalized spacial score (nSPS) is 9.47. The number of carbonyl (C=O) groups is 3. The Kier molecular flexibility index (Phi) is 4.15. The van der Waals surface area contributed by atoms with Crippen molar-refractivity contribution >= 4 is 23.5 Å². The Balaban J connectivity index is 2.85. The number of primary amides is 1. The number of nitrogens with two attached hydrogens (primary N) is 1. The molecule has 1 aromatic heterocycles. The minimum atomic E-state index is -1.04. The number of hydrogen-bond acceptors (Lipinski definition) is 5. The van der Waals surface area contributed by atoms with E-state index in [0.717, 1.165) is 0 Å². The van der Waals surface area contributed by atoms with Gasteiger partial charge in [-0.05, 0) is 13.0 Å². The van der Waals surface area contributed by atoms with Gasteiger partial charge in [-0.3, -0.25) is 14.6 Å². The molecule has 0 fully saturated rings. The molecule has 0 unspecified atom stereocenters. The number of rotatable bonds is 3. The molecule has 0 aliphatic heterocycles. The number of pyridine rings is 1. The Morgan fingerprint density at radius 2 is 2.18 bits per heavy atom. The number of nitrogens with one attached hydrogen (secondary N) is 1. The van der Waals surface area contributed by atoms with Crippen molar-refractivity contribution in [2.24, 2.45) is 5.73 Å². The maximum atomic E-state index is 11.3. The summed E-state index contributed by atoms with van der Waals surface area (Å²) in [4.78, 5) is 37.1. The number of amides is 2. The summed E-state index contributed by atoms with van der Waals surface area (Å²) in [7, 11) is 0. The first-order chi connectivity index (χ1) is 8.06. The molecular formula is C10H11N3O4. The van der Waals surface area contributed by atoms with Crippen LogP contribution in [-0.4, -0.2) is 29.4 Å². The van der Waals surface area contributed by atoms with Gasteiger partial charge in [0.2, 0.25) is 0 Å². The molecular weight excluding hydrogens is 226 g/mol. The summed E-state index contributed by atoms with van der Waals surface area (Å²) >= 11 is 0. The Hall–Kier alpha value is -2.44. The number of carbonyl (C=O) groups excluding carboxylic acids is 3. The van der Waals surface area contributed by atoms with Crippen LogP contribution in [0.15, 0.2) is 18.5 Å². The highest BCUT2D eigenvalue weighted by Crippen LogP contribution is 2.12. The van der Waals surface area contributed by atoms with Gasteiger partial charge in [0.1, 0.15) is 0 Å². The first-order valence-electron chi connectivity index (χ1n) is 4.78. The average Bonchev–Trinajstić information content (AvgIpc) is 2.29. The van der Waals surface area contributed by atoms with Gasteiger partial charge < -0.3 is 15.8 Å². The third kappa shape index (κ3) is 3.26. The average molecular weight is 237 g/mol. The summed E-state index contributed by atoms with van der Waals surface area (Å²) in [6.07, 6.45) is 2.57. The predicted molar refractivity (Wildman–Crippen MR) is 58.0 cm³/mol. The van der Waals surface area contributed by atoms with Crippen LogP contribution in [0.1, 0.15) is 17.3 Å².